The maximum Gasteiger partial charge on any atom is 0.331 e. The molecule has 0 saturated heterocycles. The van der Waals surface area contributed by atoms with Gasteiger partial charge in [-0.15, -0.1) is 0 Å². The van der Waals surface area contributed by atoms with Crippen molar-refractivity contribution >= 4 is 11.9 Å². The van der Waals surface area contributed by atoms with Crippen molar-refractivity contribution in [3.8, 4) is 0 Å². The third-order valence-electron chi connectivity index (χ3n) is 5.35. The highest BCUT2D eigenvalue weighted by Gasteiger charge is 2.27. The van der Waals surface area contributed by atoms with Gasteiger partial charge in [-0.05, 0) is 63.4 Å². The van der Waals surface area contributed by atoms with E-state index >= 15 is 0 Å². The molecule has 0 fully saturated rings. The van der Waals surface area contributed by atoms with Crippen LogP contribution in [-0.4, -0.2) is 44.6 Å². The molecule has 0 aromatic heterocycles. The summed E-state index contributed by atoms with van der Waals surface area (Å²) in [7, 11) is 0. The second kappa shape index (κ2) is 12.8. The average molecular weight is 413 g/mol. The summed E-state index contributed by atoms with van der Waals surface area (Å²) in [6.07, 6.45) is 6.28. The van der Waals surface area contributed by atoms with Crippen molar-refractivity contribution < 1.29 is 30.0 Å². The molecule has 0 amide bonds. The van der Waals surface area contributed by atoms with Crippen LogP contribution < -0.4 is 0 Å². The first-order valence-corrected chi connectivity index (χ1v) is 10.5. The number of carboxylic acid groups (broad SMARTS) is 2. The summed E-state index contributed by atoms with van der Waals surface area (Å²) in [4.78, 5) is 22.4. The van der Waals surface area contributed by atoms with Gasteiger partial charge < -0.3 is 20.4 Å². The van der Waals surface area contributed by atoms with E-state index in [-0.39, 0.29) is 30.4 Å². The van der Waals surface area contributed by atoms with Gasteiger partial charge in [0.1, 0.15) is 0 Å². The van der Waals surface area contributed by atoms with Crippen molar-refractivity contribution in [1.29, 1.82) is 0 Å². The molecule has 0 rings (SSSR count). The number of carbonyl (C=O) groups is 2. The lowest BCUT2D eigenvalue weighted by molar-refractivity contribution is -0.141. The van der Waals surface area contributed by atoms with Crippen molar-refractivity contribution in [3.05, 3.63) is 23.3 Å². The van der Waals surface area contributed by atoms with Gasteiger partial charge in [0.25, 0.3) is 0 Å². The number of hydrogen-bond acceptors (Lipinski definition) is 4. The molecule has 0 aliphatic rings. The minimum absolute atomic E-state index is 0.0137. The largest absolute Gasteiger partial charge is 0.481 e. The molecule has 4 N–H and O–H groups in total. The second-order valence-corrected chi connectivity index (χ2v) is 9.01. The summed E-state index contributed by atoms with van der Waals surface area (Å²) in [6.45, 7) is 11.3. The van der Waals surface area contributed by atoms with Gasteiger partial charge in [0, 0.05) is 12.2 Å². The predicted molar refractivity (Wildman–Crippen MR) is 115 cm³/mol. The van der Waals surface area contributed by atoms with E-state index in [1.54, 1.807) is 6.92 Å². The van der Waals surface area contributed by atoms with E-state index in [4.69, 9.17) is 5.11 Å². The summed E-state index contributed by atoms with van der Waals surface area (Å²) in [5.74, 6) is -2.47. The Hall–Kier alpha value is -1.66. The van der Waals surface area contributed by atoms with Gasteiger partial charge in [-0.2, -0.15) is 0 Å². The highest BCUT2D eigenvalue weighted by molar-refractivity contribution is 5.88. The van der Waals surface area contributed by atoms with Crippen LogP contribution in [0.2, 0.25) is 0 Å². The number of carboxylic acids is 2. The van der Waals surface area contributed by atoms with Crippen molar-refractivity contribution in [3.63, 3.8) is 0 Å². The van der Waals surface area contributed by atoms with Gasteiger partial charge in [-0.25, -0.2) is 4.79 Å². The zero-order valence-electron chi connectivity index (χ0n) is 18.8. The SMILES string of the molecule is CCC(C)CC(C)(O)CC(CO)CC(C)C=C(C)C=C(CC(C)C(=O)O)C(=O)O. The zero-order chi connectivity index (χ0) is 22.8. The number of aliphatic carboxylic acids is 2. The fourth-order valence-corrected chi connectivity index (χ4v) is 3.81. The van der Waals surface area contributed by atoms with Gasteiger partial charge in [0.2, 0.25) is 0 Å². The summed E-state index contributed by atoms with van der Waals surface area (Å²) < 4.78 is 0. The van der Waals surface area contributed by atoms with Crippen molar-refractivity contribution in [2.75, 3.05) is 6.61 Å². The molecular weight excluding hydrogens is 372 g/mol. The van der Waals surface area contributed by atoms with Crippen LogP contribution >= 0.6 is 0 Å². The third-order valence-corrected chi connectivity index (χ3v) is 5.35. The standard InChI is InChI=1S/C23H40O6/c1-7-15(2)12-23(6,29)13-19(14-24)9-16(3)8-17(4)10-20(22(27)28)11-18(5)21(25)26/h8,10,15-16,18-19,24,29H,7,9,11-14H2,1-6H3,(H,25,26)(H,27,28). The van der Waals surface area contributed by atoms with E-state index in [9.17, 15) is 24.9 Å². The molecule has 168 valence electrons. The minimum Gasteiger partial charge on any atom is -0.481 e. The normalized spacial score (nSPS) is 19.2. The van der Waals surface area contributed by atoms with Crippen LogP contribution in [0.4, 0.5) is 0 Å². The Kier molecular flexibility index (Phi) is 12.1. The van der Waals surface area contributed by atoms with Gasteiger partial charge in [-0.3, -0.25) is 4.79 Å². The first-order chi connectivity index (χ1) is 13.3. The zero-order valence-corrected chi connectivity index (χ0v) is 18.8. The Morgan fingerprint density at radius 1 is 1.10 bits per heavy atom. The van der Waals surface area contributed by atoms with E-state index < -0.39 is 23.5 Å². The highest BCUT2D eigenvalue weighted by atomic mass is 16.4. The van der Waals surface area contributed by atoms with Gasteiger partial charge in [0.05, 0.1) is 11.5 Å². The molecule has 0 aliphatic heterocycles. The molecule has 6 nitrogen and oxygen atoms in total. The fourth-order valence-electron chi connectivity index (χ4n) is 3.81. The molecule has 0 aromatic rings. The lowest BCUT2D eigenvalue weighted by Gasteiger charge is -2.30. The summed E-state index contributed by atoms with van der Waals surface area (Å²) in [5, 5.41) is 38.8. The fraction of sp³-hybridized carbons (Fsp3) is 0.739. The molecule has 0 aliphatic carbocycles. The molecule has 29 heavy (non-hydrogen) atoms. The minimum atomic E-state index is -1.12. The van der Waals surface area contributed by atoms with E-state index in [1.165, 1.54) is 13.0 Å². The van der Waals surface area contributed by atoms with Gasteiger partial charge in [-0.1, -0.05) is 45.8 Å². The van der Waals surface area contributed by atoms with Crippen LogP contribution in [-0.2, 0) is 9.59 Å². The van der Waals surface area contributed by atoms with E-state index in [2.05, 4.69) is 13.8 Å². The first-order valence-electron chi connectivity index (χ1n) is 10.5. The van der Waals surface area contributed by atoms with E-state index in [1.807, 2.05) is 19.9 Å². The van der Waals surface area contributed by atoms with Gasteiger partial charge >= 0.3 is 11.9 Å². The Morgan fingerprint density at radius 2 is 1.69 bits per heavy atom. The quantitative estimate of drug-likeness (QED) is 0.250. The Bertz CT molecular complexity index is 590. The Balaban J connectivity index is 5.10. The second-order valence-electron chi connectivity index (χ2n) is 9.01. The molecule has 6 heteroatoms. The van der Waals surface area contributed by atoms with Gasteiger partial charge in [0.15, 0.2) is 0 Å². The molecule has 0 aromatic carbocycles. The summed E-state index contributed by atoms with van der Waals surface area (Å²) >= 11 is 0. The summed E-state index contributed by atoms with van der Waals surface area (Å²) in [5.41, 5.74) is -0.0171. The van der Waals surface area contributed by atoms with E-state index in [0.29, 0.717) is 25.2 Å². The van der Waals surface area contributed by atoms with Crippen LogP contribution in [0.5, 0.6) is 0 Å². The number of allylic oxidation sites excluding steroid dienone is 3. The number of hydrogen-bond donors (Lipinski definition) is 4. The maximum atomic E-state index is 11.4. The number of aliphatic hydroxyl groups is 2. The van der Waals surface area contributed by atoms with E-state index in [0.717, 1.165) is 12.0 Å². The third kappa shape index (κ3) is 11.8. The van der Waals surface area contributed by atoms with Crippen LogP contribution in [0.25, 0.3) is 0 Å². The molecule has 0 saturated carbocycles. The summed E-state index contributed by atoms with van der Waals surface area (Å²) in [6, 6.07) is 0. The predicted octanol–water partition coefficient (Wildman–Crippen LogP) is 4.27. The molecule has 5 unspecified atom stereocenters. The first kappa shape index (κ1) is 27.3. The molecule has 5 atom stereocenters. The maximum absolute atomic E-state index is 11.4. The molecule has 0 bridgehead atoms. The monoisotopic (exact) mass is 412 g/mol. The van der Waals surface area contributed by atoms with Crippen molar-refractivity contribution in [2.45, 2.75) is 79.2 Å². The Labute approximate surface area is 175 Å². The lowest BCUT2D eigenvalue weighted by Crippen LogP contribution is -2.31. The molecular formula is C23H40O6. The highest BCUT2D eigenvalue weighted by Crippen LogP contribution is 2.29. The van der Waals surface area contributed by atoms with Crippen LogP contribution in [0.3, 0.4) is 0 Å². The van der Waals surface area contributed by atoms with Crippen LogP contribution in [0, 0.1) is 23.7 Å². The topological polar surface area (TPSA) is 115 Å². The molecule has 0 spiro atoms. The van der Waals surface area contributed by atoms with Crippen molar-refractivity contribution in [1.82, 2.24) is 0 Å². The smallest absolute Gasteiger partial charge is 0.331 e. The average Bonchev–Trinajstić information content (AvgIpc) is 2.59. The molecule has 0 heterocycles. The van der Waals surface area contributed by atoms with Crippen molar-refractivity contribution in [2.24, 2.45) is 23.7 Å². The molecule has 0 radical (unpaired) electrons. The number of aliphatic hydroxyl groups excluding tert-OH is 1. The Morgan fingerprint density at radius 3 is 2.14 bits per heavy atom. The van der Waals surface area contributed by atoms with Crippen LogP contribution in [0.15, 0.2) is 23.3 Å². The lowest BCUT2D eigenvalue weighted by atomic mass is 9.81. The van der Waals surface area contributed by atoms with Crippen LogP contribution in [0.1, 0.15) is 73.6 Å². The number of rotatable bonds is 14.